The predicted molar refractivity (Wildman–Crippen MR) is 76.6 cm³/mol. The van der Waals surface area contributed by atoms with Gasteiger partial charge in [-0.25, -0.2) is 4.98 Å². The van der Waals surface area contributed by atoms with Gasteiger partial charge in [-0.2, -0.15) is 0 Å². The van der Waals surface area contributed by atoms with Crippen molar-refractivity contribution in [1.82, 2.24) is 4.98 Å². The maximum atomic E-state index is 6.05. The SMILES string of the molecule is [B]c1ccc(Cl)nc1CO[Si](C)(C)C(C)(C)C. The van der Waals surface area contributed by atoms with Gasteiger partial charge in [0, 0.05) is 0 Å². The number of aromatic nitrogens is 1. The van der Waals surface area contributed by atoms with Crippen LogP contribution in [0, 0.1) is 0 Å². The summed E-state index contributed by atoms with van der Waals surface area (Å²) in [6.07, 6.45) is 0. The molecule has 0 aliphatic rings. The smallest absolute Gasteiger partial charge is 0.192 e. The molecule has 0 amide bonds. The van der Waals surface area contributed by atoms with Gasteiger partial charge in [0.25, 0.3) is 0 Å². The van der Waals surface area contributed by atoms with Crippen molar-refractivity contribution < 1.29 is 4.43 Å². The van der Waals surface area contributed by atoms with Crippen LogP contribution in [0.25, 0.3) is 0 Å². The van der Waals surface area contributed by atoms with Crippen LogP contribution in [-0.2, 0) is 11.0 Å². The molecule has 1 aromatic rings. The van der Waals surface area contributed by atoms with Crippen molar-refractivity contribution in [3.63, 3.8) is 0 Å². The molecule has 2 radical (unpaired) electrons. The first kappa shape index (κ1) is 14.7. The third kappa shape index (κ3) is 3.83. The van der Waals surface area contributed by atoms with E-state index in [1.54, 1.807) is 12.1 Å². The fourth-order valence-electron chi connectivity index (χ4n) is 1.07. The molecule has 2 nitrogen and oxygen atoms in total. The summed E-state index contributed by atoms with van der Waals surface area (Å²) in [5.41, 5.74) is 1.36. The molecule has 0 aliphatic heterocycles. The molecule has 1 aromatic heterocycles. The molecule has 0 bridgehead atoms. The van der Waals surface area contributed by atoms with E-state index < -0.39 is 8.32 Å². The van der Waals surface area contributed by atoms with Crippen LogP contribution >= 0.6 is 11.6 Å². The van der Waals surface area contributed by atoms with Crippen molar-refractivity contribution in [2.24, 2.45) is 0 Å². The highest BCUT2D eigenvalue weighted by Crippen LogP contribution is 2.36. The first-order valence-corrected chi connectivity index (χ1v) is 8.97. The maximum absolute atomic E-state index is 6.05. The first-order chi connectivity index (χ1) is 7.63. The van der Waals surface area contributed by atoms with Crippen LogP contribution in [0.1, 0.15) is 26.5 Å². The standard InChI is InChI=1S/C12H19BClNOSi/c1-12(2,3)17(4,5)16-8-10-9(13)6-7-11(14)15-10/h6-7H,8H2,1-5H3. The Labute approximate surface area is 111 Å². The zero-order chi connectivity index (χ0) is 13.3. The Morgan fingerprint density at radius 3 is 2.47 bits per heavy atom. The van der Waals surface area contributed by atoms with Gasteiger partial charge >= 0.3 is 0 Å². The summed E-state index contributed by atoms with van der Waals surface area (Å²) in [6.45, 7) is 11.4. The molecule has 0 unspecified atom stereocenters. The summed E-state index contributed by atoms with van der Waals surface area (Å²) in [5, 5.41) is 0.633. The topological polar surface area (TPSA) is 22.1 Å². The summed E-state index contributed by atoms with van der Waals surface area (Å²) in [4.78, 5) is 4.20. The van der Waals surface area contributed by atoms with Crippen LogP contribution in [0.5, 0.6) is 0 Å². The summed E-state index contributed by atoms with van der Waals surface area (Å²) < 4.78 is 6.05. The fourth-order valence-corrected chi connectivity index (χ4v) is 2.16. The largest absolute Gasteiger partial charge is 0.411 e. The average Bonchev–Trinajstić information content (AvgIpc) is 2.18. The normalized spacial score (nSPS) is 12.8. The predicted octanol–water partition coefficient (Wildman–Crippen LogP) is 3.05. The van der Waals surface area contributed by atoms with E-state index in [2.05, 4.69) is 38.8 Å². The van der Waals surface area contributed by atoms with E-state index in [9.17, 15) is 0 Å². The highest BCUT2D eigenvalue weighted by atomic mass is 35.5. The second-order valence-corrected chi connectivity index (χ2v) is 10.9. The van der Waals surface area contributed by atoms with Gasteiger partial charge in [-0.15, -0.1) is 0 Å². The van der Waals surface area contributed by atoms with Crippen molar-refractivity contribution in [1.29, 1.82) is 0 Å². The van der Waals surface area contributed by atoms with Crippen molar-refractivity contribution in [2.45, 2.75) is 45.5 Å². The van der Waals surface area contributed by atoms with Crippen molar-refractivity contribution in [3.8, 4) is 0 Å². The highest BCUT2D eigenvalue weighted by Gasteiger charge is 2.37. The molecule has 0 fully saturated rings. The van der Waals surface area contributed by atoms with E-state index >= 15 is 0 Å². The Morgan fingerprint density at radius 2 is 1.94 bits per heavy atom. The molecule has 17 heavy (non-hydrogen) atoms. The van der Waals surface area contributed by atoms with E-state index in [1.165, 1.54) is 0 Å². The number of hydrogen-bond donors (Lipinski definition) is 0. The number of rotatable bonds is 3. The zero-order valence-corrected chi connectivity index (χ0v) is 12.9. The molecular weight excluding hydrogens is 248 g/mol. The van der Waals surface area contributed by atoms with Crippen molar-refractivity contribution in [3.05, 3.63) is 23.0 Å². The van der Waals surface area contributed by atoms with Gasteiger partial charge in [0.1, 0.15) is 13.0 Å². The monoisotopic (exact) mass is 267 g/mol. The lowest BCUT2D eigenvalue weighted by molar-refractivity contribution is 0.273. The Kier molecular flexibility index (Phi) is 4.44. The molecule has 0 saturated carbocycles. The molecule has 5 heteroatoms. The van der Waals surface area contributed by atoms with Gasteiger partial charge < -0.3 is 4.43 Å². The van der Waals surface area contributed by atoms with Crippen molar-refractivity contribution >= 4 is 33.2 Å². The van der Waals surface area contributed by atoms with Gasteiger partial charge in [0.2, 0.25) is 0 Å². The van der Waals surface area contributed by atoms with Crippen LogP contribution in [-0.4, -0.2) is 21.1 Å². The average molecular weight is 268 g/mol. The van der Waals surface area contributed by atoms with Crippen molar-refractivity contribution in [2.75, 3.05) is 0 Å². The summed E-state index contributed by atoms with van der Waals surface area (Å²) >= 11 is 5.85. The third-order valence-corrected chi connectivity index (χ3v) is 8.04. The Bertz CT molecular complexity index is 404. The van der Waals surface area contributed by atoms with Crippen LogP contribution in [0.2, 0.25) is 23.3 Å². The molecule has 0 atom stereocenters. The minimum Gasteiger partial charge on any atom is -0.411 e. The first-order valence-electron chi connectivity index (χ1n) is 5.68. The fraction of sp³-hybridized carbons (Fsp3) is 0.583. The van der Waals surface area contributed by atoms with Gasteiger partial charge in [-0.3, -0.25) is 0 Å². The number of pyridine rings is 1. The maximum Gasteiger partial charge on any atom is 0.192 e. The molecule has 0 aliphatic carbocycles. The molecular formula is C12H19BClNOSi. The van der Waals surface area contributed by atoms with E-state index in [0.29, 0.717) is 17.2 Å². The zero-order valence-electron chi connectivity index (χ0n) is 11.2. The van der Waals surface area contributed by atoms with Gasteiger partial charge in [-0.1, -0.05) is 43.9 Å². The minimum atomic E-state index is -1.77. The number of nitrogens with zero attached hydrogens (tertiary/aromatic N) is 1. The minimum absolute atomic E-state index is 0.181. The molecule has 0 saturated heterocycles. The van der Waals surface area contributed by atoms with E-state index in [4.69, 9.17) is 23.9 Å². The summed E-state index contributed by atoms with van der Waals surface area (Å²) in [5.74, 6) is 0. The second kappa shape index (κ2) is 5.13. The van der Waals surface area contributed by atoms with Gasteiger partial charge in [0.05, 0.1) is 12.3 Å². The van der Waals surface area contributed by atoms with Gasteiger partial charge in [0.15, 0.2) is 8.32 Å². The Morgan fingerprint density at radius 1 is 1.35 bits per heavy atom. The number of hydrogen-bond acceptors (Lipinski definition) is 2. The van der Waals surface area contributed by atoms with Crippen LogP contribution < -0.4 is 5.46 Å². The second-order valence-electron chi connectivity index (χ2n) is 5.72. The molecule has 1 rings (SSSR count). The Hall–Kier alpha value is -0.318. The van der Waals surface area contributed by atoms with Gasteiger partial charge in [-0.05, 0) is 24.2 Å². The lowest BCUT2D eigenvalue weighted by Gasteiger charge is -2.36. The molecule has 0 N–H and O–H groups in total. The molecule has 1 heterocycles. The third-order valence-electron chi connectivity index (χ3n) is 3.35. The highest BCUT2D eigenvalue weighted by molar-refractivity contribution is 6.74. The molecule has 0 spiro atoms. The van der Waals surface area contributed by atoms with E-state index in [1.807, 2.05) is 0 Å². The Balaban J connectivity index is 2.77. The summed E-state index contributed by atoms with van der Waals surface area (Å²) in [6, 6.07) is 3.45. The van der Waals surface area contributed by atoms with E-state index in [0.717, 1.165) is 5.69 Å². The van der Waals surface area contributed by atoms with Crippen LogP contribution in [0.4, 0.5) is 0 Å². The quantitative estimate of drug-likeness (QED) is 0.620. The van der Waals surface area contributed by atoms with E-state index in [-0.39, 0.29) is 5.04 Å². The summed E-state index contributed by atoms with van der Waals surface area (Å²) in [7, 11) is 4.08. The lowest BCUT2D eigenvalue weighted by atomic mass is 9.95. The molecule has 0 aromatic carbocycles. The molecule has 92 valence electrons. The lowest BCUT2D eigenvalue weighted by Crippen LogP contribution is -2.41. The van der Waals surface area contributed by atoms with Crippen LogP contribution in [0.3, 0.4) is 0 Å². The van der Waals surface area contributed by atoms with Crippen LogP contribution in [0.15, 0.2) is 12.1 Å². The number of halogens is 1.